The second-order valence-corrected chi connectivity index (χ2v) is 10.1. The van der Waals surface area contributed by atoms with E-state index in [1.807, 2.05) is 76.1 Å². The summed E-state index contributed by atoms with van der Waals surface area (Å²) in [5.41, 5.74) is 2.56. The Labute approximate surface area is 230 Å². The van der Waals surface area contributed by atoms with Gasteiger partial charge in [0, 0.05) is 51.0 Å². The molecule has 2 aromatic carbocycles. The number of halogens is 3. The van der Waals surface area contributed by atoms with Crippen LogP contribution in [0.2, 0.25) is 0 Å². The Hall–Kier alpha value is -4.15. The summed E-state index contributed by atoms with van der Waals surface area (Å²) in [5, 5.41) is 11.5. The molecule has 1 aromatic heterocycles. The van der Waals surface area contributed by atoms with Gasteiger partial charge in [0.25, 0.3) is 0 Å². The topological polar surface area (TPSA) is 95.7 Å². The summed E-state index contributed by atoms with van der Waals surface area (Å²) in [6.07, 6.45) is -1.21. The van der Waals surface area contributed by atoms with Gasteiger partial charge in [0.1, 0.15) is 0 Å². The van der Waals surface area contributed by atoms with Crippen molar-refractivity contribution in [1.29, 1.82) is 0 Å². The van der Waals surface area contributed by atoms with Crippen LogP contribution >= 0.6 is 0 Å². The summed E-state index contributed by atoms with van der Waals surface area (Å²) < 4.78 is 33.6. The number of carbonyl (C=O) groups excluding carboxylic acids is 2. The van der Waals surface area contributed by atoms with Crippen LogP contribution in [0.5, 0.6) is 0 Å². The van der Waals surface area contributed by atoms with Crippen molar-refractivity contribution in [1.82, 2.24) is 19.6 Å². The van der Waals surface area contributed by atoms with E-state index in [4.69, 9.17) is 9.90 Å². The molecule has 3 aromatic rings. The first-order chi connectivity index (χ1) is 19.0. The number of benzene rings is 2. The van der Waals surface area contributed by atoms with E-state index in [1.165, 1.54) is 0 Å². The van der Waals surface area contributed by atoms with E-state index in [9.17, 15) is 22.8 Å². The molecule has 2 aliphatic rings. The molecule has 8 nitrogen and oxygen atoms in total. The predicted molar refractivity (Wildman–Crippen MR) is 140 cm³/mol. The standard InChI is InChI=1S/C27H30N4O2.C2HF3O2/c1-29-24(13-15-28-29)23-19-31(25(32)17-21-9-4-2-5-10-21)20-27(23)14-8-16-30(26(27)33)18-22-11-6-3-7-12-22;3-2(4,5)1(6)7/h2-7,9-13,15,23H,8,14,16-20H2,1H3;(H,6,7)/t23-,27+;/m0./s1. The average molecular weight is 557 g/mol. The SMILES string of the molecule is Cn1nccc1[C@@H]1CN(C(=O)Cc2ccccc2)C[C@]12CCCN(Cc1ccccc1)C2=O.O=C(O)C(F)(F)F. The predicted octanol–water partition coefficient (Wildman–Crippen LogP) is 4.03. The van der Waals surface area contributed by atoms with E-state index in [1.54, 1.807) is 6.20 Å². The number of amides is 2. The molecule has 2 amide bonds. The molecule has 2 saturated heterocycles. The van der Waals surface area contributed by atoms with Crippen LogP contribution in [0.1, 0.15) is 35.6 Å². The molecule has 5 rings (SSSR count). The fraction of sp³-hybridized carbons (Fsp3) is 0.379. The van der Waals surface area contributed by atoms with Crippen LogP contribution in [-0.4, -0.2) is 68.3 Å². The van der Waals surface area contributed by atoms with Gasteiger partial charge in [0.05, 0.1) is 11.8 Å². The minimum absolute atomic E-state index is 0.0594. The van der Waals surface area contributed by atoms with Crippen molar-refractivity contribution < 1.29 is 32.7 Å². The fourth-order valence-corrected chi connectivity index (χ4v) is 5.62. The number of carboxylic acids is 1. The molecule has 2 fully saturated rings. The van der Waals surface area contributed by atoms with Crippen LogP contribution in [0.15, 0.2) is 72.9 Å². The third-order valence-electron chi connectivity index (χ3n) is 7.53. The molecular weight excluding hydrogens is 525 g/mol. The Morgan fingerprint density at radius 1 is 1.02 bits per heavy atom. The van der Waals surface area contributed by atoms with Gasteiger partial charge in [-0.3, -0.25) is 14.3 Å². The highest BCUT2D eigenvalue weighted by atomic mass is 19.4. The molecule has 0 saturated carbocycles. The third-order valence-corrected chi connectivity index (χ3v) is 7.53. The Kier molecular flexibility index (Phi) is 8.61. The number of likely N-dealkylation sites (tertiary alicyclic amines) is 2. The molecule has 0 radical (unpaired) electrons. The number of carbonyl (C=O) groups is 3. The summed E-state index contributed by atoms with van der Waals surface area (Å²) >= 11 is 0. The molecule has 40 heavy (non-hydrogen) atoms. The van der Waals surface area contributed by atoms with Crippen LogP contribution in [0.3, 0.4) is 0 Å². The van der Waals surface area contributed by atoms with E-state index in [0.29, 0.717) is 26.1 Å². The van der Waals surface area contributed by atoms with Crippen LogP contribution in [0.25, 0.3) is 0 Å². The van der Waals surface area contributed by atoms with Crippen molar-refractivity contribution in [2.24, 2.45) is 12.5 Å². The maximum absolute atomic E-state index is 14.1. The van der Waals surface area contributed by atoms with Gasteiger partial charge in [-0.1, -0.05) is 60.7 Å². The van der Waals surface area contributed by atoms with E-state index in [-0.39, 0.29) is 17.7 Å². The zero-order chi connectivity index (χ0) is 28.9. The van der Waals surface area contributed by atoms with Gasteiger partial charge in [-0.05, 0) is 30.0 Å². The number of hydrogen-bond acceptors (Lipinski definition) is 4. The van der Waals surface area contributed by atoms with Crippen LogP contribution < -0.4 is 0 Å². The van der Waals surface area contributed by atoms with Crippen molar-refractivity contribution in [3.05, 3.63) is 89.7 Å². The van der Waals surface area contributed by atoms with Gasteiger partial charge in [0.2, 0.25) is 11.8 Å². The minimum atomic E-state index is -5.08. The number of rotatable bonds is 5. The minimum Gasteiger partial charge on any atom is -0.475 e. The highest BCUT2D eigenvalue weighted by Gasteiger charge is 2.56. The maximum Gasteiger partial charge on any atom is 0.490 e. The Bertz CT molecular complexity index is 1330. The zero-order valence-electron chi connectivity index (χ0n) is 22.1. The quantitative estimate of drug-likeness (QED) is 0.512. The summed E-state index contributed by atoms with van der Waals surface area (Å²) in [4.78, 5) is 40.2. The number of hydrogen-bond donors (Lipinski definition) is 1. The van der Waals surface area contributed by atoms with Gasteiger partial charge in [-0.25, -0.2) is 4.79 Å². The number of aryl methyl sites for hydroxylation is 1. The Balaban J connectivity index is 0.000000470. The summed E-state index contributed by atoms with van der Waals surface area (Å²) in [5.74, 6) is -2.57. The van der Waals surface area contributed by atoms with Crippen LogP contribution in [0.4, 0.5) is 13.2 Å². The molecule has 212 valence electrons. The first-order valence-electron chi connectivity index (χ1n) is 12.9. The summed E-state index contributed by atoms with van der Waals surface area (Å²) in [6, 6.07) is 22.0. The highest BCUT2D eigenvalue weighted by Crippen LogP contribution is 2.49. The molecule has 2 atom stereocenters. The first-order valence-corrected chi connectivity index (χ1v) is 12.9. The van der Waals surface area contributed by atoms with Crippen LogP contribution in [0, 0.1) is 5.41 Å². The van der Waals surface area contributed by atoms with Crippen LogP contribution in [-0.2, 0) is 34.4 Å². The maximum atomic E-state index is 14.1. The van der Waals surface area contributed by atoms with Crippen molar-refractivity contribution in [3.8, 4) is 0 Å². The van der Waals surface area contributed by atoms with Gasteiger partial charge in [0.15, 0.2) is 0 Å². The molecule has 1 spiro atoms. The number of aromatic nitrogens is 2. The molecule has 1 N–H and O–H groups in total. The number of alkyl halides is 3. The van der Waals surface area contributed by atoms with Crippen molar-refractivity contribution >= 4 is 17.8 Å². The number of aliphatic carboxylic acids is 1. The van der Waals surface area contributed by atoms with E-state index < -0.39 is 17.6 Å². The molecule has 2 aliphatic heterocycles. The molecule has 11 heteroatoms. The summed E-state index contributed by atoms with van der Waals surface area (Å²) in [7, 11) is 1.92. The molecular formula is C29H31F3N4O4. The second kappa shape index (κ2) is 11.9. The lowest BCUT2D eigenvalue weighted by Crippen LogP contribution is -2.52. The van der Waals surface area contributed by atoms with E-state index in [2.05, 4.69) is 17.2 Å². The number of nitrogens with zero attached hydrogens (tertiary/aromatic N) is 4. The monoisotopic (exact) mass is 556 g/mol. The summed E-state index contributed by atoms with van der Waals surface area (Å²) in [6.45, 7) is 2.39. The van der Waals surface area contributed by atoms with Gasteiger partial charge >= 0.3 is 12.1 Å². The Morgan fingerprint density at radius 2 is 1.62 bits per heavy atom. The van der Waals surface area contributed by atoms with Crippen molar-refractivity contribution in [2.75, 3.05) is 19.6 Å². The van der Waals surface area contributed by atoms with E-state index >= 15 is 0 Å². The number of piperidine rings is 1. The molecule has 0 unspecified atom stereocenters. The average Bonchev–Trinajstić information content (AvgIpc) is 3.51. The third kappa shape index (κ3) is 6.35. The smallest absolute Gasteiger partial charge is 0.475 e. The molecule has 0 aliphatic carbocycles. The van der Waals surface area contributed by atoms with Gasteiger partial charge in [-0.15, -0.1) is 0 Å². The normalized spacial score (nSPS) is 20.8. The number of carboxylic acid groups (broad SMARTS) is 1. The van der Waals surface area contributed by atoms with Crippen molar-refractivity contribution in [3.63, 3.8) is 0 Å². The molecule has 0 bridgehead atoms. The zero-order valence-corrected chi connectivity index (χ0v) is 22.1. The first kappa shape index (κ1) is 28.8. The molecule has 3 heterocycles. The Morgan fingerprint density at radius 3 is 2.17 bits per heavy atom. The lowest BCUT2D eigenvalue weighted by Gasteiger charge is -2.42. The second-order valence-electron chi connectivity index (χ2n) is 10.1. The van der Waals surface area contributed by atoms with Gasteiger partial charge in [-0.2, -0.15) is 18.3 Å². The fourth-order valence-electron chi connectivity index (χ4n) is 5.62. The van der Waals surface area contributed by atoms with Crippen molar-refractivity contribution in [2.45, 2.75) is 37.9 Å². The van der Waals surface area contributed by atoms with Gasteiger partial charge < -0.3 is 14.9 Å². The lowest BCUT2D eigenvalue weighted by molar-refractivity contribution is -0.192. The largest absolute Gasteiger partial charge is 0.490 e. The highest BCUT2D eigenvalue weighted by molar-refractivity contribution is 5.88. The van der Waals surface area contributed by atoms with E-state index in [0.717, 1.165) is 36.2 Å². The lowest BCUT2D eigenvalue weighted by atomic mass is 9.70.